The first-order chi connectivity index (χ1) is 13.3. The molecule has 0 N–H and O–H groups in total. The molecule has 1 aliphatic heterocycles. The van der Waals surface area contributed by atoms with Crippen molar-refractivity contribution < 1.29 is 13.2 Å². The average molecular weight is 422 g/mol. The molecule has 1 saturated heterocycles. The molecule has 150 valence electrons. The number of halogens is 1. The summed E-state index contributed by atoms with van der Waals surface area (Å²) in [6, 6.07) is 13.9. The Hall–Kier alpha value is -1.93. The fraction of sp³-hybridized carbons (Fsp3) is 0.350. The number of amides is 1. The van der Waals surface area contributed by atoms with E-state index in [0.717, 1.165) is 5.56 Å². The van der Waals surface area contributed by atoms with E-state index in [0.29, 0.717) is 43.3 Å². The summed E-state index contributed by atoms with van der Waals surface area (Å²) in [6.45, 7) is 2.78. The lowest BCUT2D eigenvalue weighted by molar-refractivity contribution is 0.0827. The van der Waals surface area contributed by atoms with Crippen molar-refractivity contribution in [3.8, 4) is 0 Å². The van der Waals surface area contributed by atoms with Crippen molar-refractivity contribution in [3.63, 3.8) is 0 Å². The number of carbonyl (C=O) groups is 1. The van der Waals surface area contributed by atoms with Crippen LogP contribution < -0.4 is 0 Å². The second-order valence-corrected chi connectivity index (χ2v) is 9.41. The van der Waals surface area contributed by atoms with Crippen LogP contribution in [0.5, 0.6) is 0 Å². The minimum Gasteiger partial charge on any atom is -0.345 e. The van der Waals surface area contributed by atoms with Crippen molar-refractivity contribution in [3.05, 3.63) is 64.7 Å². The SMILES string of the molecule is CN(C)C(=O)c1cccc(CN2CCN(S(=O)(=O)c3cccc(Cl)c3)CC2)c1. The van der Waals surface area contributed by atoms with Gasteiger partial charge >= 0.3 is 0 Å². The minimum absolute atomic E-state index is 0.0284. The van der Waals surface area contributed by atoms with Crippen molar-refractivity contribution >= 4 is 27.5 Å². The monoisotopic (exact) mass is 421 g/mol. The smallest absolute Gasteiger partial charge is 0.253 e. The van der Waals surface area contributed by atoms with Crippen molar-refractivity contribution in [2.24, 2.45) is 0 Å². The molecule has 8 heteroatoms. The van der Waals surface area contributed by atoms with Crippen LogP contribution >= 0.6 is 11.6 Å². The summed E-state index contributed by atoms with van der Waals surface area (Å²) in [6.07, 6.45) is 0. The van der Waals surface area contributed by atoms with Gasteiger partial charge in [-0.2, -0.15) is 4.31 Å². The zero-order valence-corrected chi connectivity index (χ0v) is 17.6. The van der Waals surface area contributed by atoms with Gasteiger partial charge < -0.3 is 4.90 Å². The molecule has 0 saturated carbocycles. The molecule has 2 aromatic carbocycles. The molecule has 0 spiro atoms. The van der Waals surface area contributed by atoms with Crippen LogP contribution in [0.3, 0.4) is 0 Å². The standard InChI is InChI=1S/C20H24ClN3O3S/c1-22(2)20(25)17-6-3-5-16(13-17)15-23-9-11-24(12-10-23)28(26,27)19-8-4-7-18(21)14-19/h3-8,13-14H,9-12,15H2,1-2H3. The third-order valence-electron chi connectivity index (χ3n) is 4.75. The number of hydrogen-bond donors (Lipinski definition) is 0. The molecular weight excluding hydrogens is 398 g/mol. The van der Waals surface area contributed by atoms with Crippen LogP contribution in [0.4, 0.5) is 0 Å². The van der Waals surface area contributed by atoms with Crippen LogP contribution in [-0.2, 0) is 16.6 Å². The molecule has 0 atom stereocenters. The lowest BCUT2D eigenvalue weighted by Gasteiger charge is -2.34. The molecule has 0 bridgehead atoms. The van der Waals surface area contributed by atoms with Crippen molar-refractivity contribution in [1.29, 1.82) is 0 Å². The van der Waals surface area contributed by atoms with Crippen molar-refractivity contribution in [2.75, 3.05) is 40.3 Å². The highest BCUT2D eigenvalue weighted by atomic mass is 35.5. The Morgan fingerprint density at radius 1 is 1.04 bits per heavy atom. The molecule has 1 aliphatic rings. The van der Waals surface area contributed by atoms with Crippen LogP contribution in [0.1, 0.15) is 15.9 Å². The average Bonchev–Trinajstić information content (AvgIpc) is 2.68. The first kappa shape index (κ1) is 20.8. The molecule has 3 rings (SSSR count). The summed E-state index contributed by atoms with van der Waals surface area (Å²) in [7, 11) is -0.0748. The minimum atomic E-state index is -3.54. The topological polar surface area (TPSA) is 60.9 Å². The normalized spacial score (nSPS) is 16.1. The number of sulfonamides is 1. The Kier molecular flexibility index (Phi) is 6.40. The summed E-state index contributed by atoms with van der Waals surface area (Å²) in [5.41, 5.74) is 1.70. The van der Waals surface area contributed by atoms with Gasteiger partial charge in [0, 0.05) is 57.4 Å². The Morgan fingerprint density at radius 2 is 1.71 bits per heavy atom. The Morgan fingerprint density at radius 3 is 2.36 bits per heavy atom. The van der Waals surface area contributed by atoms with E-state index in [1.807, 2.05) is 18.2 Å². The fourth-order valence-corrected chi connectivity index (χ4v) is 4.95. The van der Waals surface area contributed by atoms with Gasteiger partial charge in [0.2, 0.25) is 10.0 Å². The maximum atomic E-state index is 12.8. The van der Waals surface area contributed by atoms with E-state index in [1.165, 1.54) is 10.4 Å². The highest BCUT2D eigenvalue weighted by molar-refractivity contribution is 7.89. The van der Waals surface area contributed by atoms with Gasteiger partial charge in [0.15, 0.2) is 0 Å². The Bertz CT molecular complexity index is 955. The van der Waals surface area contributed by atoms with Gasteiger partial charge in [-0.1, -0.05) is 29.8 Å². The quantitative estimate of drug-likeness (QED) is 0.744. The van der Waals surface area contributed by atoms with Gasteiger partial charge in [-0.05, 0) is 35.9 Å². The molecule has 6 nitrogen and oxygen atoms in total. The number of nitrogens with zero attached hydrogens (tertiary/aromatic N) is 3. The summed E-state index contributed by atoms with van der Waals surface area (Å²) in [5.74, 6) is -0.0284. The summed E-state index contributed by atoms with van der Waals surface area (Å²) in [5, 5.41) is 0.409. The molecule has 0 aromatic heterocycles. The molecule has 1 heterocycles. The highest BCUT2D eigenvalue weighted by Crippen LogP contribution is 2.21. The van der Waals surface area contributed by atoms with Gasteiger partial charge in [-0.15, -0.1) is 0 Å². The van der Waals surface area contributed by atoms with E-state index in [1.54, 1.807) is 43.3 Å². The zero-order valence-electron chi connectivity index (χ0n) is 16.0. The molecule has 2 aromatic rings. The molecule has 0 aliphatic carbocycles. The first-order valence-electron chi connectivity index (χ1n) is 9.06. The molecule has 0 radical (unpaired) electrons. The van der Waals surface area contributed by atoms with E-state index in [4.69, 9.17) is 11.6 Å². The van der Waals surface area contributed by atoms with Crippen LogP contribution in [0, 0.1) is 0 Å². The van der Waals surface area contributed by atoms with Gasteiger partial charge in [-0.3, -0.25) is 9.69 Å². The maximum Gasteiger partial charge on any atom is 0.253 e. The largest absolute Gasteiger partial charge is 0.345 e. The third-order valence-corrected chi connectivity index (χ3v) is 6.88. The zero-order chi connectivity index (χ0) is 20.3. The predicted octanol–water partition coefficient (Wildman–Crippen LogP) is 2.55. The van der Waals surface area contributed by atoms with Crippen LogP contribution in [0.25, 0.3) is 0 Å². The number of carbonyl (C=O) groups excluding carboxylic acids is 1. The number of rotatable bonds is 5. The Balaban J connectivity index is 1.63. The summed E-state index contributed by atoms with van der Waals surface area (Å²) in [4.78, 5) is 16.1. The number of benzene rings is 2. The van der Waals surface area contributed by atoms with E-state index in [9.17, 15) is 13.2 Å². The third kappa shape index (κ3) is 4.72. The van der Waals surface area contributed by atoms with Crippen LogP contribution in [-0.4, -0.2) is 68.7 Å². The van der Waals surface area contributed by atoms with E-state index < -0.39 is 10.0 Å². The summed E-state index contributed by atoms with van der Waals surface area (Å²) >= 11 is 5.94. The molecule has 28 heavy (non-hydrogen) atoms. The van der Waals surface area contributed by atoms with Gasteiger partial charge in [-0.25, -0.2) is 8.42 Å². The first-order valence-corrected chi connectivity index (χ1v) is 10.9. The Labute approximate surface area is 171 Å². The summed E-state index contributed by atoms with van der Waals surface area (Å²) < 4.78 is 27.1. The van der Waals surface area contributed by atoms with Gasteiger partial charge in [0.05, 0.1) is 4.90 Å². The van der Waals surface area contributed by atoms with Crippen LogP contribution in [0.2, 0.25) is 5.02 Å². The van der Waals surface area contributed by atoms with E-state index >= 15 is 0 Å². The maximum absolute atomic E-state index is 12.8. The van der Waals surface area contributed by atoms with Gasteiger partial charge in [0.25, 0.3) is 5.91 Å². The predicted molar refractivity (Wildman–Crippen MR) is 110 cm³/mol. The van der Waals surface area contributed by atoms with Gasteiger partial charge in [0.1, 0.15) is 0 Å². The molecule has 1 amide bonds. The molecule has 0 unspecified atom stereocenters. The second-order valence-electron chi connectivity index (χ2n) is 7.04. The fourth-order valence-electron chi connectivity index (χ4n) is 3.22. The second kappa shape index (κ2) is 8.61. The lowest BCUT2D eigenvalue weighted by Crippen LogP contribution is -2.48. The highest BCUT2D eigenvalue weighted by Gasteiger charge is 2.28. The molecule has 1 fully saturated rings. The van der Waals surface area contributed by atoms with E-state index in [2.05, 4.69) is 4.90 Å². The number of piperazine rings is 1. The van der Waals surface area contributed by atoms with Crippen molar-refractivity contribution in [1.82, 2.24) is 14.1 Å². The van der Waals surface area contributed by atoms with Crippen molar-refractivity contribution in [2.45, 2.75) is 11.4 Å². The number of hydrogen-bond acceptors (Lipinski definition) is 4. The van der Waals surface area contributed by atoms with Crippen LogP contribution in [0.15, 0.2) is 53.4 Å². The molecular formula is C20H24ClN3O3S. The lowest BCUT2D eigenvalue weighted by atomic mass is 10.1. The van der Waals surface area contributed by atoms with E-state index in [-0.39, 0.29) is 10.8 Å².